The molecule has 0 atom stereocenters. The second-order valence-electron chi connectivity index (χ2n) is 3.34. The highest BCUT2D eigenvalue weighted by Gasteiger charge is 2.02. The normalized spacial score (nSPS) is 9.80. The van der Waals surface area contributed by atoms with Crippen molar-refractivity contribution in [2.45, 2.75) is 20.8 Å². The van der Waals surface area contributed by atoms with Gasteiger partial charge in [0.15, 0.2) is 0 Å². The molecule has 0 saturated carbocycles. The zero-order chi connectivity index (χ0) is 11.3. The van der Waals surface area contributed by atoms with Gasteiger partial charge in [-0.3, -0.25) is 0 Å². The van der Waals surface area contributed by atoms with Crippen LogP contribution in [0.3, 0.4) is 0 Å². The molecule has 0 aliphatic carbocycles. The molecule has 0 spiro atoms. The van der Waals surface area contributed by atoms with Gasteiger partial charge in [0.05, 0.1) is 13.2 Å². The standard InChI is InChI=1S/C13H18O2/c1-5-14-12-7-11(10(3)4)8-13(9-12)15-6-2/h7-9H,3,5-6H2,1-2,4H3. The van der Waals surface area contributed by atoms with E-state index in [1.807, 2.05) is 39.0 Å². The molecule has 2 heteroatoms. The summed E-state index contributed by atoms with van der Waals surface area (Å²) in [7, 11) is 0. The van der Waals surface area contributed by atoms with E-state index in [-0.39, 0.29) is 0 Å². The Kier molecular flexibility index (Phi) is 4.22. The largest absolute Gasteiger partial charge is 0.494 e. The highest BCUT2D eigenvalue weighted by atomic mass is 16.5. The second-order valence-corrected chi connectivity index (χ2v) is 3.34. The maximum absolute atomic E-state index is 5.46. The topological polar surface area (TPSA) is 18.5 Å². The summed E-state index contributed by atoms with van der Waals surface area (Å²) in [6, 6.07) is 5.86. The van der Waals surface area contributed by atoms with Crippen LogP contribution in [0.1, 0.15) is 26.3 Å². The van der Waals surface area contributed by atoms with Gasteiger partial charge in [0.2, 0.25) is 0 Å². The van der Waals surface area contributed by atoms with E-state index in [4.69, 9.17) is 9.47 Å². The molecule has 0 N–H and O–H groups in total. The molecule has 0 fully saturated rings. The minimum absolute atomic E-state index is 0.658. The molecular formula is C13H18O2. The summed E-state index contributed by atoms with van der Waals surface area (Å²) in [6.45, 7) is 11.1. The summed E-state index contributed by atoms with van der Waals surface area (Å²) in [5, 5.41) is 0. The third-order valence-electron chi connectivity index (χ3n) is 1.99. The Morgan fingerprint density at radius 1 is 1.07 bits per heavy atom. The van der Waals surface area contributed by atoms with Crippen LogP contribution < -0.4 is 9.47 Å². The summed E-state index contributed by atoms with van der Waals surface area (Å²) < 4.78 is 10.9. The maximum atomic E-state index is 5.46. The number of hydrogen-bond donors (Lipinski definition) is 0. The van der Waals surface area contributed by atoms with E-state index < -0.39 is 0 Å². The molecule has 82 valence electrons. The molecule has 0 unspecified atom stereocenters. The lowest BCUT2D eigenvalue weighted by Gasteiger charge is -2.10. The van der Waals surface area contributed by atoms with Crippen molar-refractivity contribution in [1.82, 2.24) is 0 Å². The van der Waals surface area contributed by atoms with Gasteiger partial charge >= 0.3 is 0 Å². The van der Waals surface area contributed by atoms with Crippen molar-refractivity contribution in [2.75, 3.05) is 13.2 Å². The Hall–Kier alpha value is -1.44. The van der Waals surface area contributed by atoms with Crippen molar-refractivity contribution >= 4 is 5.57 Å². The average Bonchev–Trinajstić information content (AvgIpc) is 2.18. The number of benzene rings is 1. The Labute approximate surface area is 91.5 Å². The summed E-state index contributed by atoms with van der Waals surface area (Å²) in [5.41, 5.74) is 2.07. The van der Waals surface area contributed by atoms with Crippen molar-refractivity contribution in [3.8, 4) is 11.5 Å². The van der Waals surface area contributed by atoms with Crippen LogP contribution in [0.4, 0.5) is 0 Å². The van der Waals surface area contributed by atoms with Crippen LogP contribution >= 0.6 is 0 Å². The summed E-state index contributed by atoms with van der Waals surface area (Å²) >= 11 is 0. The van der Waals surface area contributed by atoms with E-state index in [1.165, 1.54) is 0 Å². The van der Waals surface area contributed by atoms with Crippen LogP contribution in [0.2, 0.25) is 0 Å². The third kappa shape index (κ3) is 3.31. The molecule has 1 aromatic carbocycles. The average molecular weight is 206 g/mol. The molecule has 2 nitrogen and oxygen atoms in total. The molecule has 0 aliphatic heterocycles. The van der Waals surface area contributed by atoms with E-state index in [0.29, 0.717) is 13.2 Å². The van der Waals surface area contributed by atoms with Crippen molar-refractivity contribution in [2.24, 2.45) is 0 Å². The van der Waals surface area contributed by atoms with Gasteiger partial charge in [0.1, 0.15) is 11.5 Å². The molecule has 0 amide bonds. The highest BCUT2D eigenvalue weighted by molar-refractivity contribution is 5.64. The van der Waals surface area contributed by atoms with Gasteiger partial charge in [-0.25, -0.2) is 0 Å². The lowest BCUT2D eigenvalue weighted by Crippen LogP contribution is -1.96. The van der Waals surface area contributed by atoms with Crippen LogP contribution in [-0.2, 0) is 0 Å². The minimum Gasteiger partial charge on any atom is -0.494 e. The molecular weight excluding hydrogens is 188 g/mol. The van der Waals surface area contributed by atoms with Gasteiger partial charge < -0.3 is 9.47 Å². The van der Waals surface area contributed by atoms with E-state index in [2.05, 4.69) is 6.58 Å². The zero-order valence-corrected chi connectivity index (χ0v) is 9.67. The summed E-state index contributed by atoms with van der Waals surface area (Å²) in [6.07, 6.45) is 0. The molecule has 0 aliphatic rings. The van der Waals surface area contributed by atoms with E-state index in [1.54, 1.807) is 0 Å². The van der Waals surface area contributed by atoms with Gasteiger partial charge in [-0.2, -0.15) is 0 Å². The van der Waals surface area contributed by atoms with Gasteiger partial charge in [0, 0.05) is 6.07 Å². The first-order chi connectivity index (χ1) is 7.17. The predicted molar refractivity (Wildman–Crippen MR) is 63.5 cm³/mol. The van der Waals surface area contributed by atoms with E-state index in [0.717, 1.165) is 22.6 Å². The van der Waals surface area contributed by atoms with Crippen molar-refractivity contribution < 1.29 is 9.47 Å². The Morgan fingerprint density at radius 3 is 1.87 bits per heavy atom. The number of hydrogen-bond acceptors (Lipinski definition) is 2. The molecule has 0 bridgehead atoms. The van der Waals surface area contributed by atoms with E-state index in [9.17, 15) is 0 Å². The van der Waals surface area contributed by atoms with Crippen LogP contribution in [0.25, 0.3) is 5.57 Å². The highest BCUT2D eigenvalue weighted by Crippen LogP contribution is 2.26. The van der Waals surface area contributed by atoms with Crippen molar-refractivity contribution in [3.05, 3.63) is 30.3 Å². The van der Waals surface area contributed by atoms with Crippen molar-refractivity contribution in [1.29, 1.82) is 0 Å². The number of allylic oxidation sites excluding steroid dienone is 1. The van der Waals surface area contributed by atoms with Gasteiger partial charge in [0.25, 0.3) is 0 Å². The first-order valence-electron chi connectivity index (χ1n) is 5.24. The quantitative estimate of drug-likeness (QED) is 0.734. The Morgan fingerprint density at radius 2 is 1.53 bits per heavy atom. The van der Waals surface area contributed by atoms with Crippen LogP contribution in [0.15, 0.2) is 24.8 Å². The molecule has 0 radical (unpaired) electrons. The fourth-order valence-electron chi connectivity index (χ4n) is 1.32. The first-order valence-corrected chi connectivity index (χ1v) is 5.24. The molecule has 0 heterocycles. The maximum Gasteiger partial charge on any atom is 0.123 e. The molecule has 0 aromatic heterocycles. The molecule has 1 aromatic rings. The second kappa shape index (κ2) is 5.44. The molecule has 15 heavy (non-hydrogen) atoms. The Balaban J connectivity index is 3.02. The van der Waals surface area contributed by atoms with Gasteiger partial charge in [-0.15, -0.1) is 0 Å². The van der Waals surface area contributed by atoms with Crippen molar-refractivity contribution in [3.63, 3.8) is 0 Å². The van der Waals surface area contributed by atoms with Crippen LogP contribution in [0, 0.1) is 0 Å². The predicted octanol–water partition coefficient (Wildman–Crippen LogP) is 3.52. The molecule has 1 rings (SSSR count). The van der Waals surface area contributed by atoms with Crippen LogP contribution in [0.5, 0.6) is 11.5 Å². The number of rotatable bonds is 5. The van der Waals surface area contributed by atoms with Gasteiger partial charge in [-0.1, -0.05) is 12.2 Å². The zero-order valence-electron chi connectivity index (χ0n) is 9.67. The minimum atomic E-state index is 0.658. The SMILES string of the molecule is C=C(C)c1cc(OCC)cc(OCC)c1. The Bertz CT molecular complexity index is 318. The smallest absolute Gasteiger partial charge is 0.123 e. The fraction of sp³-hybridized carbons (Fsp3) is 0.385. The lowest BCUT2D eigenvalue weighted by molar-refractivity contribution is 0.323. The first kappa shape index (κ1) is 11.6. The van der Waals surface area contributed by atoms with Crippen LogP contribution in [-0.4, -0.2) is 13.2 Å². The lowest BCUT2D eigenvalue weighted by atomic mass is 10.1. The summed E-state index contributed by atoms with van der Waals surface area (Å²) in [4.78, 5) is 0. The fourth-order valence-corrected chi connectivity index (χ4v) is 1.32. The monoisotopic (exact) mass is 206 g/mol. The van der Waals surface area contributed by atoms with E-state index >= 15 is 0 Å². The van der Waals surface area contributed by atoms with Gasteiger partial charge in [-0.05, 0) is 38.5 Å². The third-order valence-corrected chi connectivity index (χ3v) is 1.99. The number of ether oxygens (including phenoxy) is 2. The summed E-state index contributed by atoms with van der Waals surface area (Å²) in [5.74, 6) is 1.67. The molecule has 0 saturated heterocycles.